The van der Waals surface area contributed by atoms with E-state index in [4.69, 9.17) is 4.74 Å². The molecule has 0 aromatic heterocycles. The summed E-state index contributed by atoms with van der Waals surface area (Å²) in [6, 6.07) is 2.02. The Morgan fingerprint density at radius 1 is 1.14 bits per heavy atom. The number of phenols is 2. The second-order valence-corrected chi connectivity index (χ2v) is 7.07. The molecule has 3 nitrogen and oxygen atoms in total. The first-order chi connectivity index (χ1) is 9.74. The lowest BCUT2D eigenvalue weighted by atomic mass is 9.69. The molecule has 3 rings (SSSR count). The summed E-state index contributed by atoms with van der Waals surface area (Å²) in [5, 5.41) is 20.5. The van der Waals surface area contributed by atoms with Crippen LogP contribution < -0.4 is 0 Å². The van der Waals surface area contributed by atoms with Crippen molar-refractivity contribution < 1.29 is 14.9 Å². The molecule has 3 heteroatoms. The van der Waals surface area contributed by atoms with Crippen molar-refractivity contribution >= 4 is 5.57 Å². The first kappa shape index (κ1) is 14.5. The highest BCUT2D eigenvalue weighted by Gasteiger charge is 2.40. The molecule has 114 valence electrons. The summed E-state index contributed by atoms with van der Waals surface area (Å²) >= 11 is 0. The van der Waals surface area contributed by atoms with Crippen molar-refractivity contribution in [3.63, 3.8) is 0 Å². The number of hydrogen-bond acceptors (Lipinski definition) is 3. The molecule has 0 saturated carbocycles. The molecule has 21 heavy (non-hydrogen) atoms. The molecule has 1 aromatic rings. The number of phenolic OH excluding ortho intramolecular Hbond substituents is 2. The van der Waals surface area contributed by atoms with E-state index in [1.165, 1.54) is 11.1 Å². The van der Waals surface area contributed by atoms with Gasteiger partial charge in [0.2, 0.25) is 0 Å². The number of ether oxygens (including phenoxy) is 1. The van der Waals surface area contributed by atoms with Crippen LogP contribution in [0.5, 0.6) is 11.5 Å². The van der Waals surface area contributed by atoms with Gasteiger partial charge >= 0.3 is 0 Å². The molecule has 2 N–H and O–H groups in total. The fraction of sp³-hybridized carbons (Fsp3) is 0.556. The highest BCUT2D eigenvalue weighted by Crippen LogP contribution is 2.53. The molecule has 1 aliphatic heterocycles. The van der Waals surface area contributed by atoms with Gasteiger partial charge in [0.1, 0.15) is 0 Å². The Morgan fingerprint density at radius 3 is 2.48 bits per heavy atom. The summed E-state index contributed by atoms with van der Waals surface area (Å²) < 4.78 is 6.02. The molecule has 2 atom stereocenters. The zero-order chi connectivity index (χ0) is 15.5. The molecule has 0 amide bonds. The van der Waals surface area contributed by atoms with Crippen molar-refractivity contribution in [3.8, 4) is 11.5 Å². The van der Waals surface area contributed by atoms with Gasteiger partial charge in [0.15, 0.2) is 11.5 Å². The SMILES string of the molecule is Cc1cc2c(c(O)c1O)C(C)CC1=C2C(C)COC1(C)C. The van der Waals surface area contributed by atoms with Crippen LogP contribution in [0.25, 0.3) is 5.57 Å². The predicted octanol–water partition coefficient (Wildman–Crippen LogP) is 4.11. The Balaban J connectivity index is 2.33. The maximum atomic E-state index is 10.4. The van der Waals surface area contributed by atoms with Gasteiger partial charge < -0.3 is 14.9 Å². The van der Waals surface area contributed by atoms with Crippen molar-refractivity contribution in [2.24, 2.45) is 5.92 Å². The smallest absolute Gasteiger partial charge is 0.161 e. The summed E-state index contributed by atoms with van der Waals surface area (Å²) in [6.07, 6.45) is 0.871. The summed E-state index contributed by atoms with van der Waals surface area (Å²) in [5.41, 5.74) is 5.10. The average Bonchev–Trinajstić information content (AvgIpc) is 2.40. The van der Waals surface area contributed by atoms with Crippen molar-refractivity contribution in [1.29, 1.82) is 0 Å². The fourth-order valence-corrected chi connectivity index (χ4v) is 3.84. The van der Waals surface area contributed by atoms with Gasteiger partial charge in [0, 0.05) is 11.5 Å². The first-order valence-electron chi connectivity index (χ1n) is 7.67. The number of aromatic hydroxyl groups is 2. The predicted molar refractivity (Wildman–Crippen MR) is 83.7 cm³/mol. The first-order valence-corrected chi connectivity index (χ1v) is 7.67. The quantitative estimate of drug-likeness (QED) is 0.706. The van der Waals surface area contributed by atoms with Crippen molar-refractivity contribution in [2.45, 2.75) is 52.6 Å². The van der Waals surface area contributed by atoms with Crippen molar-refractivity contribution in [1.82, 2.24) is 0 Å². The summed E-state index contributed by atoms with van der Waals surface area (Å²) in [7, 11) is 0. The molecule has 1 aliphatic carbocycles. The van der Waals surface area contributed by atoms with Crippen LogP contribution in [0.3, 0.4) is 0 Å². The normalized spacial score (nSPS) is 27.3. The minimum absolute atomic E-state index is 0.0172. The van der Waals surface area contributed by atoms with Gasteiger partial charge in [0.05, 0.1) is 12.2 Å². The van der Waals surface area contributed by atoms with Gasteiger partial charge in [-0.3, -0.25) is 0 Å². The van der Waals surface area contributed by atoms with E-state index in [0.717, 1.165) is 23.1 Å². The van der Waals surface area contributed by atoms with Gasteiger partial charge in [0.25, 0.3) is 0 Å². The topological polar surface area (TPSA) is 49.7 Å². The molecule has 0 spiro atoms. The molecule has 0 fully saturated rings. The lowest BCUT2D eigenvalue weighted by Gasteiger charge is -2.43. The third kappa shape index (κ3) is 1.98. The molecule has 0 radical (unpaired) electrons. The number of hydrogen-bond donors (Lipinski definition) is 2. The summed E-state index contributed by atoms with van der Waals surface area (Å²) in [5.74, 6) is 0.560. The van der Waals surface area contributed by atoms with Crippen LogP contribution >= 0.6 is 0 Å². The van der Waals surface area contributed by atoms with Gasteiger partial charge in [-0.25, -0.2) is 0 Å². The van der Waals surface area contributed by atoms with E-state index >= 15 is 0 Å². The van der Waals surface area contributed by atoms with Crippen LogP contribution in [0.15, 0.2) is 11.6 Å². The third-order valence-corrected chi connectivity index (χ3v) is 5.04. The zero-order valence-electron chi connectivity index (χ0n) is 13.4. The summed E-state index contributed by atoms with van der Waals surface area (Å²) in [4.78, 5) is 0. The Morgan fingerprint density at radius 2 is 1.81 bits per heavy atom. The van der Waals surface area contributed by atoms with E-state index in [-0.39, 0.29) is 23.0 Å². The fourth-order valence-electron chi connectivity index (χ4n) is 3.84. The van der Waals surface area contributed by atoms with Gasteiger partial charge in [-0.2, -0.15) is 0 Å². The summed E-state index contributed by atoms with van der Waals surface area (Å²) in [6.45, 7) is 11.1. The average molecular weight is 288 g/mol. The second-order valence-electron chi connectivity index (χ2n) is 7.07. The standard InChI is InChI=1S/C18H24O3/c1-9-7-13-14(11(3)8-21-18(13,4)5)12-6-10(2)16(19)17(20)15(9)12/h6,9,11,19-20H,7-8H2,1-5H3. The highest BCUT2D eigenvalue weighted by molar-refractivity contribution is 5.80. The monoisotopic (exact) mass is 288 g/mol. The van der Waals surface area contributed by atoms with Crippen molar-refractivity contribution in [2.75, 3.05) is 6.61 Å². The van der Waals surface area contributed by atoms with Crippen LogP contribution in [-0.4, -0.2) is 22.4 Å². The lowest BCUT2D eigenvalue weighted by Crippen LogP contribution is -2.38. The van der Waals surface area contributed by atoms with Crippen LogP contribution in [0, 0.1) is 12.8 Å². The number of rotatable bonds is 0. The minimum Gasteiger partial charge on any atom is -0.504 e. The molecule has 1 heterocycles. The van der Waals surface area contributed by atoms with Crippen molar-refractivity contribution in [3.05, 3.63) is 28.3 Å². The Kier molecular flexibility index (Phi) is 3.10. The number of aryl methyl sites for hydroxylation is 1. The van der Waals surface area contributed by atoms with E-state index in [0.29, 0.717) is 12.5 Å². The third-order valence-electron chi connectivity index (χ3n) is 5.04. The van der Waals surface area contributed by atoms with E-state index in [9.17, 15) is 10.2 Å². The maximum absolute atomic E-state index is 10.4. The number of fused-ring (bicyclic) bond motifs is 2. The molecular formula is C18H24O3. The highest BCUT2D eigenvalue weighted by atomic mass is 16.5. The lowest BCUT2D eigenvalue weighted by molar-refractivity contribution is -0.0121. The van der Waals surface area contributed by atoms with Crippen LogP contribution in [0.4, 0.5) is 0 Å². The molecular weight excluding hydrogens is 264 g/mol. The van der Waals surface area contributed by atoms with Gasteiger partial charge in [-0.05, 0) is 61.4 Å². The molecule has 2 aliphatic rings. The second kappa shape index (κ2) is 4.51. The van der Waals surface area contributed by atoms with Crippen LogP contribution in [0.2, 0.25) is 0 Å². The van der Waals surface area contributed by atoms with Gasteiger partial charge in [-0.1, -0.05) is 13.8 Å². The van der Waals surface area contributed by atoms with E-state index in [1.807, 2.05) is 13.0 Å². The van der Waals surface area contributed by atoms with Gasteiger partial charge in [-0.15, -0.1) is 0 Å². The Bertz CT molecular complexity index is 640. The maximum Gasteiger partial charge on any atom is 0.161 e. The van der Waals surface area contributed by atoms with E-state index in [2.05, 4.69) is 27.7 Å². The van der Waals surface area contributed by atoms with E-state index < -0.39 is 0 Å². The zero-order valence-corrected chi connectivity index (χ0v) is 13.4. The molecule has 0 saturated heterocycles. The molecule has 1 aromatic carbocycles. The number of benzene rings is 1. The van der Waals surface area contributed by atoms with Crippen LogP contribution in [0.1, 0.15) is 56.7 Å². The molecule has 2 unspecified atom stereocenters. The molecule has 0 bridgehead atoms. The largest absolute Gasteiger partial charge is 0.504 e. The van der Waals surface area contributed by atoms with E-state index in [1.54, 1.807) is 0 Å². The Labute approximate surface area is 126 Å². The van der Waals surface area contributed by atoms with Crippen LogP contribution in [-0.2, 0) is 4.74 Å². The minimum atomic E-state index is -0.255. The Hall–Kier alpha value is -1.48.